The normalized spacial score (nSPS) is 17.7. The zero-order valence-corrected chi connectivity index (χ0v) is 12.4. The molecule has 3 rings (SSSR count). The van der Waals surface area contributed by atoms with Crippen LogP contribution < -0.4 is 4.74 Å². The van der Waals surface area contributed by atoms with Crippen LogP contribution in [-0.4, -0.2) is 5.11 Å². The third kappa shape index (κ3) is 2.58. The van der Waals surface area contributed by atoms with E-state index in [9.17, 15) is 5.11 Å². The van der Waals surface area contributed by atoms with Gasteiger partial charge in [-0.15, -0.1) is 0 Å². The Kier molecular flexibility index (Phi) is 3.42. The summed E-state index contributed by atoms with van der Waals surface area (Å²) in [6.07, 6.45) is 1.79. The minimum Gasteiger partial charge on any atom is -0.508 e. The maximum absolute atomic E-state index is 9.40. The highest BCUT2D eigenvalue weighted by molar-refractivity contribution is 9.10. The summed E-state index contributed by atoms with van der Waals surface area (Å²) in [6, 6.07) is 11.1. The molecule has 0 aromatic heterocycles. The molecule has 0 radical (unpaired) electrons. The van der Waals surface area contributed by atoms with E-state index >= 15 is 0 Å². The van der Waals surface area contributed by atoms with Crippen LogP contribution in [0.5, 0.6) is 11.5 Å². The molecule has 19 heavy (non-hydrogen) atoms. The summed E-state index contributed by atoms with van der Waals surface area (Å²) in [6.45, 7) is 0. The van der Waals surface area contributed by atoms with Crippen LogP contribution in [0.4, 0.5) is 0 Å². The van der Waals surface area contributed by atoms with E-state index in [2.05, 4.69) is 22.0 Å². The number of hydrogen-bond donors (Lipinski definition) is 1. The Morgan fingerprint density at radius 2 is 2.05 bits per heavy atom. The van der Waals surface area contributed by atoms with Crippen molar-refractivity contribution in [3.63, 3.8) is 0 Å². The monoisotopic (exact) mass is 338 g/mol. The van der Waals surface area contributed by atoms with Crippen LogP contribution in [-0.2, 0) is 6.42 Å². The lowest BCUT2D eigenvalue weighted by Gasteiger charge is -2.27. The standard InChI is InChI=1S/C15H12BrClO2/c16-10-3-1-9-2-6-14(19-15(9)7-10)12-5-4-11(18)8-13(12)17/h1,3-5,7-8,14,18H,2,6H2. The van der Waals surface area contributed by atoms with Crippen LogP contribution in [0.1, 0.15) is 23.7 Å². The third-order valence-corrected chi connectivity index (χ3v) is 4.13. The first-order chi connectivity index (χ1) is 9.13. The van der Waals surface area contributed by atoms with Gasteiger partial charge in [-0.3, -0.25) is 0 Å². The fourth-order valence-corrected chi connectivity index (χ4v) is 2.98. The van der Waals surface area contributed by atoms with Gasteiger partial charge in [0, 0.05) is 10.0 Å². The fraction of sp³-hybridized carbons (Fsp3) is 0.200. The number of rotatable bonds is 1. The largest absolute Gasteiger partial charge is 0.508 e. The van der Waals surface area contributed by atoms with Gasteiger partial charge >= 0.3 is 0 Å². The molecule has 4 heteroatoms. The van der Waals surface area contributed by atoms with E-state index in [0.29, 0.717) is 5.02 Å². The van der Waals surface area contributed by atoms with Crippen molar-refractivity contribution in [3.8, 4) is 11.5 Å². The summed E-state index contributed by atoms with van der Waals surface area (Å²) in [5.41, 5.74) is 2.14. The summed E-state index contributed by atoms with van der Waals surface area (Å²) in [5.74, 6) is 1.07. The van der Waals surface area contributed by atoms with Crippen molar-refractivity contribution < 1.29 is 9.84 Å². The predicted molar refractivity (Wildman–Crippen MR) is 78.9 cm³/mol. The van der Waals surface area contributed by atoms with E-state index in [-0.39, 0.29) is 11.9 Å². The zero-order chi connectivity index (χ0) is 13.4. The van der Waals surface area contributed by atoms with E-state index in [0.717, 1.165) is 28.6 Å². The van der Waals surface area contributed by atoms with Crippen molar-refractivity contribution >= 4 is 27.5 Å². The number of hydrogen-bond acceptors (Lipinski definition) is 2. The van der Waals surface area contributed by atoms with E-state index in [1.807, 2.05) is 18.2 Å². The van der Waals surface area contributed by atoms with Crippen LogP contribution in [0.3, 0.4) is 0 Å². The van der Waals surface area contributed by atoms with E-state index in [4.69, 9.17) is 16.3 Å². The van der Waals surface area contributed by atoms with Gasteiger partial charge in [0.1, 0.15) is 17.6 Å². The first kappa shape index (κ1) is 12.8. The number of halogens is 2. The smallest absolute Gasteiger partial charge is 0.125 e. The van der Waals surface area contributed by atoms with Gasteiger partial charge in [0.25, 0.3) is 0 Å². The molecule has 1 aliphatic rings. The number of aromatic hydroxyl groups is 1. The fourth-order valence-electron chi connectivity index (χ4n) is 2.34. The summed E-state index contributed by atoms with van der Waals surface area (Å²) in [4.78, 5) is 0. The molecule has 0 aliphatic carbocycles. The second-order valence-electron chi connectivity index (χ2n) is 4.60. The highest BCUT2D eigenvalue weighted by atomic mass is 79.9. The van der Waals surface area contributed by atoms with Crippen LogP contribution in [0.2, 0.25) is 5.02 Å². The number of aryl methyl sites for hydroxylation is 1. The molecule has 2 aromatic rings. The van der Waals surface area contributed by atoms with Crippen LogP contribution >= 0.6 is 27.5 Å². The van der Waals surface area contributed by atoms with Crippen molar-refractivity contribution in [2.75, 3.05) is 0 Å². The van der Waals surface area contributed by atoms with Gasteiger partial charge in [0.05, 0.1) is 5.02 Å². The summed E-state index contributed by atoms with van der Waals surface area (Å²) >= 11 is 9.62. The molecule has 98 valence electrons. The lowest BCUT2D eigenvalue weighted by molar-refractivity contribution is 0.176. The number of phenols is 1. The maximum Gasteiger partial charge on any atom is 0.125 e. The lowest BCUT2D eigenvalue weighted by Crippen LogP contribution is -2.15. The van der Waals surface area contributed by atoms with Gasteiger partial charge in [-0.1, -0.05) is 39.7 Å². The molecular formula is C15H12BrClO2. The van der Waals surface area contributed by atoms with Gasteiger partial charge in [0.2, 0.25) is 0 Å². The molecule has 0 amide bonds. The average Bonchev–Trinajstić information content (AvgIpc) is 2.38. The average molecular weight is 340 g/mol. The Balaban J connectivity index is 1.93. The molecule has 1 heterocycles. The molecule has 2 nitrogen and oxygen atoms in total. The molecule has 0 saturated carbocycles. The molecule has 1 N–H and O–H groups in total. The first-order valence-corrected chi connectivity index (χ1v) is 7.24. The highest BCUT2D eigenvalue weighted by Crippen LogP contribution is 2.39. The molecule has 1 aliphatic heterocycles. The minimum atomic E-state index is -0.0603. The molecule has 1 atom stereocenters. The lowest BCUT2D eigenvalue weighted by atomic mass is 9.97. The van der Waals surface area contributed by atoms with Gasteiger partial charge in [-0.25, -0.2) is 0 Å². The SMILES string of the molecule is Oc1ccc(C2CCc3ccc(Br)cc3O2)c(Cl)c1. The maximum atomic E-state index is 9.40. The Morgan fingerprint density at radius 3 is 2.84 bits per heavy atom. The second kappa shape index (κ2) is 5.06. The molecule has 0 fully saturated rings. The summed E-state index contributed by atoms with van der Waals surface area (Å²) in [5, 5.41) is 9.94. The van der Waals surface area contributed by atoms with E-state index < -0.39 is 0 Å². The quantitative estimate of drug-likeness (QED) is 0.803. The molecule has 0 bridgehead atoms. The van der Waals surface area contributed by atoms with Crippen LogP contribution in [0.15, 0.2) is 40.9 Å². The molecule has 0 spiro atoms. The molecule has 0 saturated heterocycles. The van der Waals surface area contributed by atoms with Gasteiger partial charge in [0.15, 0.2) is 0 Å². The third-order valence-electron chi connectivity index (χ3n) is 3.31. The zero-order valence-electron chi connectivity index (χ0n) is 10.1. The molecule has 2 aromatic carbocycles. The Morgan fingerprint density at radius 1 is 1.21 bits per heavy atom. The van der Waals surface area contributed by atoms with Crippen molar-refractivity contribution in [1.29, 1.82) is 0 Å². The predicted octanol–water partition coefficient (Wildman–Crippen LogP) is 4.87. The number of phenolic OH excluding ortho intramolecular Hbond substituents is 1. The molecule has 1 unspecified atom stereocenters. The Hall–Kier alpha value is -1.19. The van der Waals surface area contributed by atoms with Crippen molar-refractivity contribution in [3.05, 3.63) is 57.0 Å². The summed E-state index contributed by atoms with van der Waals surface area (Å²) < 4.78 is 7.03. The number of ether oxygens (including phenoxy) is 1. The minimum absolute atomic E-state index is 0.0603. The van der Waals surface area contributed by atoms with Gasteiger partial charge in [-0.2, -0.15) is 0 Å². The van der Waals surface area contributed by atoms with Crippen molar-refractivity contribution in [2.24, 2.45) is 0 Å². The van der Waals surface area contributed by atoms with Gasteiger partial charge < -0.3 is 9.84 Å². The first-order valence-electron chi connectivity index (χ1n) is 6.07. The Bertz CT molecular complexity index is 628. The van der Waals surface area contributed by atoms with Crippen molar-refractivity contribution in [2.45, 2.75) is 18.9 Å². The number of benzene rings is 2. The topological polar surface area (TPSA) is 29.5 Å². The number of fused-ring (bicyclic) bond motifs is 1. The Labute approximate surface area is 125 Å². The van der Waals surface area contributed by atoms with Crippen molar-refractivity contribution in [1.82, 2.24) is 0 Å². The van der Waals surface area contributed by atoms with Gasteiger partial charge in [-0.05, 0) is 42.7 Å². The van der Waals surface area contributed by atoms with Crippen LogP contribution in [0.25, 0.3) is 0 Å². The summed E-state index contributed by atoms with van der Waals surface area (Å²) in [7, 11) is 0. The van der Waals surface area contributed by atoms with E-state index in [1.165, 1.54) is 5.56 Å². The highest BCUT2D eigenvalue weighted by Gasteiger charge is 2.23. The van der Waals surface area contributed by atoms with E-state index in [1.54, 1.807) is 12.1 Å². The molecular weight excluding hydrogens is 328 g/mol. The van der Waals surface area contributed by atoms with Crippen LogP contribution in [0, 0.1) is 0 Å². The second-order valence-corrected chi connectivity index (χ2v) is 5.93.